The molecule has 0 fully saturated rings. The minimum atomic E-state index is -3.98. The van der Waals surface area contributed by atoms with Crippen LogP contribution >= 0.6 is 0 Å². The first-order chi connectivity index (χ1) is 13.9. The third-order valence-electron chi connectivity index (χ3n) is 4.84. The first-order valence-corrected chi connectivity index (χ1v) is 10.4. The Bertz CT molecular complexity index is 1220. The Balaban J connectivity index is 1.66. The fourth-order valence-electron chi connectivity index (χ4n) is 3.43. The highest BCUT2D eigenvalue weighted by atomic mass is 32.2. The predicted octanol–water partition coefficient (Wildman–Crippen LogP) is 3.35. The maximum absolute atomic E-state index is 12.1. The van der Waals surface area contributed by atoms with E-state index >= 15 is 0 Å². The number of nitrogens with one attached hydrogen (secondary N) is 1. The van der Waals surface area contributed by atoms with Gasteiger partial charge in [0.1, 0.15) is 17.2 Å². The van der Waals surface area contributed by atoms with E-state index < -0.39 is 16.1 Å². The summed E-state index contributed by atoms with van der Waals surface area (Å²) in [6.07, 6.45) is 2.58. The lowest BCUT2D eigenvalue weighted by Gasteiger charge is -2.16. The summed E-state index contributed by atoms with van der Waals surface area (Å²) < 4.78 is 32.4. The lowest BCUT2D eigenvalue weighted by atomic mass is 10.00. The number of aryl methyl sites for hydroxylation is 2. The normalized spacial score (nSPS) is 15.2. The summed E-state index contributed by atoms with van der Waals surface area (Å²) in [7, 11) is -2.33. The van der Waals surface area contributed by atoms with Crippen molar-refractivity contribution in [2.24, 2.45) is 0 Å². The molecule has 0 spiro atoms. The van der Waals surface area contributed by atoms with Gasteiger partial charge in [-0.15, -0.1) is 0 Å². The van der Waals surface area contributed by atoms with Crippen LogP contribution < -0.4 is 13.8 Å². The van der Waals surface area contributed by atoms with Gasteiger partial charge < -0.3 is 14.9 Å². The van der Waals surface area contributed by atoms with Gasteiger partial charge in [0, 0.05) is 0 Å². The number of anilines is 1. The summed E-state index contributed by atoms with van der Waals surface area (Å²) >= 11 is 0. The number of phenolic OH excluding ortho intramolecular Hbond substituents is 1. The van der Waals surface area contributed by atoms with E-state index in [-0.39, 0.29) is 11.4 Å². The molecule has 3 N–H and O–H groups in total. The minimum absolute atomic E-state index is 0.0657. The van der Waals surface area contributed by atoms with E-state index in [2.05, 4.69) is 0 Å². The van der Waals surface area contributed by atoms with Crippen molar-refractivity contribution in [2.45, 2.75) is 12.8 Å². The van der Waals surface area contributed by atoms with E-state index in [1.54, 1.807) is 13.2 Å². The molecule has 1 aliphatic heterocycles. The SMILES string of the molecule is COc1ccccc1CCc1ccc2cc(O)c(N3C=C(O)NS3(=O)=O)cc2c1. The van der Waals surface area contributed by atoms with Gasteiger partial charge in [0.05, 0.1) is 13.3 Å². The van der Waals surface area contributed by atoms with Crippen LogP contribution in [-0.2, 0) is 23.1 Å². The van der Waals surface area contributed by atoms with Gasteiger partial charge in [0.25, 0.3) is 0 Å². The Morgan fingerprint density at radius 3 is 2.52 bits per heavy atom. The Kier molecular flexibility index (Phi) is 4.71. The number of hydrogen-bond donors (Lipinski definition) is 3. The summed E-state index contributed by atoms with van der Waals surface area (Å²) in [4.78, 5) is 0. The molecule has 1 heterocycles. The molecule has 0 radical (unpaired) electrons. The van der Waals surface area contributed by atoms with Crippen molar-refractivity contribution < 1.29 is 23.4 Å². The molecule has 0 amide bonds. The molecule has 0 atom stereocenters. The number of fused-ring (bicyclic) bond motifs is 1. The van der Waals surface area contributed by atoms with Gasteiger partial charge in [0.2, 0.25) is 5.88 Å². The molecule has 0 aromatic heterocycles. The van der Waals surface area contributed by atoms with Gasteiger partial charge in [-0.3, -0.25) is 0 Å². The molecule has 150 valence electrons. The summed E-state index contributed by atoms with van der Waals surface area (Å²) in [5.41, 5.74) is 2.24. The van der Waals surface area contributed by atoms with E-state index in [4.69, 9.17) is 4.74 Å². The summed E-state index contributed by atoms with van der Waals surface area (Å²) in [6, 6.07) is 16.8. The summed E-state index contributed by atoms with van der Waals surface area (Å²) in [6.45, 7) is 0. The van der Waals surface area contributed by atoms with Crippen molar-refractivity contribution in [1.82, 2.24) is 4.72 Å². The number of nitrogens with zero attached hydrogens (tertiary/aromatic N) is 1. The van der Waals surface area contributed by atoms with Gasteiger partial charge in [-0.1, -0.05) is 36.4 Å². The van der Waals surface area contributed by atoms with Gasteiger partial charge >= 0.3 is 10.2 Å². The number of para-hydroxylation sites is 1. The Labute approximate surface area is 168 Å². The van der Waals surface area contributed by atoms with Crippen LogP contribution in [0.15, 0.2) is 66.7 Å². The van der Waals surface area contributed by atoms with Gasteiger partial charge in [0.15, 0.2) is 0 Å². The quantitative estimate of drug-likeness (QED) is 0.597. The first-order valence-electron chi connectivity index (χ1n) is 8.98. The fraction of sp³-hybridized carbons (Fsp3) is 0.143. The van der Waals surface area contributed by atoms with Crippen molar-refractivity contribution in [3.8, 4) is 11.5 Å². The molecule has 8 heteroatoms. The number of aliphatic hydroxyl groups is 1. The Hall–Kier alpha value is -3.39. The van der Waals surface area contributed by atoms with Crippen molar-refractivity contribution in [2.75, 3.05) is 11.4 Å². The second kappa shape index (κ2) is 7.21. The smallest absolute Gasteiger partial charge is 0.330 e. The second-order valence-corrected chi connectivity index (χ2v) is 8.30. The number of aromatic hydroxyl groups is 1. The number of benzene rings is 3. The van der Waals surface area contributed by atoms with Gasteiger partial charge in [-0.2, -0.15) is 8.42 Å². The van der Waals surface area contributed by atoms with Crippen LogP contribution in [0, 0.1) is 0 Å². The lowest BCUT2D eigenvalue weighted by molar-refractivity contribution is 0.392. The molecule has 0 aliphatic carbocycles. The van der Waals surface area contributed by atoms with E-state index in [0.29, 0.717) is 0 Å². The van der Waals surface area contributed by atoms with Crippen LogP contribution in [0.4, 0.5) is 5.69 Å². The van der Waals surface area contributed by atoms with Crippen molar-refractivity contribution in [3.63, 3.8) is 0 Å². The molecule has 3 aromatic rings. The number of aliphatic hydroxyl groups excluding tert-OH is 1. The summed E-state index contributed by atoms with van der Waals surface area (Å²) in [5.74, 6) is 0.143. The maximum Gasteiger partial charge on any atom is 0.330 e. The van der Waals surface area contributed by atoms with Crippen LogP contribution in [0.1, 0.15) is 11.1 Å². The third kappa shape index (κ3) is 3.66. The number of ether oxygens (including phenoxy) is 1. The topological polar surface area (TPSA) is 99.1 Å². The summed E-state index contributed by atoms with van der Waals surface area (Å²) in [5, 5.41) is 21.4. The van der Waals surface area contributed by atoms with Crippen LogP contribution in [0.5, 0.6) is 11.5 Å². The van der Waals surface area contributed by atoms with Crippen molar-refractivity contribution in [1.29, 1.82) is 0 Å². The Morgan fingerprint density at radius 2 is 1.79 bits per heavy atom. The van der Waals surface area contributed by atoms with Crippen LogP contribution in [-0.4, -0.2) is 25.7 Å². The number of hydrogen-bond acceptors (Lipinski definition) is 5. The minimum Gasteiger partial charge on any atom is -0.506 e. The van der Waals surface area contributed by atoms with E-state index in [9.17, 15) is 18.6 Å². The number of phenols is 1. The molecule has 0 unspecified atom stereocenters. The average molecular weight is 412 g/mol. The molecule has 3 aromatic carbocycles. The highest BCUT2D eigenvalue weighted by Crippen LogP contribution is 2.36. The van der Waals surface area contributed by atoms with Crippen molar-refractivity contribution in [3.05, 3.63) is 77.8 Å². The zero-order valence-electron chi connectivity index (χ0n) is 15.7. The van der Waals surface area contributed by atoms with E-state index in [1.165, 1.54) is 6.07 Å². The molecule has 7 nitrogen and oxygen atoms in total. The largest absolute Gasteiger partial charge is 0.506 e. The first kappa shape index (κ1) is 18.9. The molecular weight excluding hydrogens is 392 g/mol. The third-order valence-corrected chi connectivity index (χ3v) is 6.13. The average Bonchev–Trinajstić information content (AvgIpc) is 2.97. The van der Waals surface area contributed by atoms with Gasteiger partial charge in [-0.25, -0.2) is 9.03 Å². The predicted molar refractivity (Wildman–Crippen MR) is 111 cm³/mol. The Morgan fingerprint density at radius 1 is 1.00 bits per heavy atom. The monoisotopic (exact) mass is 412 g/mol. The van der Waals surface area contributed by atoms with Crippen LogP contribution in [0.25, 0.3) is 10.8 Å². The second-order valence-electron chi connectivity index (χ2n) is 6.75. The van der Waals surface area contributed by atoms with E-state index in [1.807, 2.05) is 47.2 Å². The fourth-order valence-corrected chi connectivity index (χ4v) is 4.49. The zero-order chi connectivity index (χ0) is 20.6. The molecule has 4 rings (SSSR count). The molecular formula is C21H20N2O5S. The zero-order valence-corrected chi connectivity index (χ0v) is 16.5. The maximum atomic E-state index is 12.1. The van der Waals surface area contributed by atoms with Crippen LogP contribution in [0.2, 0.25) is 0 Å². The van der Waals surface area contributed by atoms with Crippen molar-refractivity contribution >= 4 is 26.7 Å². The highest BCUT2D eigenvalue weighted by Gasteiger charge is 2.30. The van der Waals surface area contributed by atoms with E-state index in [0.717, 1.165) is 51.0 Å². The molecule has 0 saturated heterocycles. The molecule has 0 bridgehead atoms. The molecule has 1 aliphatic rings. The highest BCUT2D eigenvalue weighted by molar-refractivity contribution is 7.91. The molecule has 29 heavy (non-hydrogen) atoms. The lowest BCUT2D eigenvalue weighted by Crippen LogP contribution is -2.29. The number of rotatable bonds is 5. The molecule has 0 saturated carbocycles. The standard InChI is InChI=1S/C21H20N2O5S/c1-28-20-5-3-2-4-15(20)8-6-14-7-9-16-12-19(24)18(11-17(16)10-14)23-13-21(25)22-29(23,26)27/h2-5,7,9-13,22,24-25H,6,8H2,1H3. The van der Waals surface area contributed by atoms with Crippen LogP contribution in [0.3, 0.4) is 0 Å². The van der Waals surface area contributed by atoms with Gasteiger partial charge in [-0.05, 0) is 52.9 Å². The number of methoxy groups -OCH3 is 1.